The second-order valence-electron chi connectivity index (χ2n) is 5.52. The summed E-state index contributed by atoms with van der Waals surface area (Å²) in [6, 6.07) is 7.87. The zero-order valence-corrected chi connectivity index (χ0v) is 12.7. The molecule has 2 heterocycles. The number of nitrogens with one attached hydrogen (secondary N) is 2. The van der Waals surface area contributed by atoms with Crippen LogP contribution in [0, 0.1) is 5.92 Å². The van der Waals surface area contributed by atoms with Crippen molar-refractivity contribution in [2.45, 2.75) is 20.3 Å². The Balaban J connectivity index is 2.15. The van der Waals surface area contributed by atoms with Crippen LogP contribution in [-0.2, 0) is 6.42 Å². The molecule has 5 heteroatoms. The number of benzene rings is 1. The molecular weight excluding hydrogens is 286 g/mol. The van der Waals surface area contributed by atoms with Gasteiger partial charge in [-0.3, -0.25) is 4.79 Å². The molecule has 3 rings (SSSR count). The monoisotopic (exact) mass is 301 g/mol. The van der Waals surface area contributed by atoms with Crippen LogP contribution < -0.4 is 5.56 Å². The summed E-state index contributed by atoms with van der Waals surface area (Å²) in [4.78, 5) is 22.5. The number of hydrogen-bond acceptors (Lipinski definition) is 2. The zero-order valence-electron chi connectivity index (χ0n) is 11.9. The van der Waals surface area contributed by atoms with Crippen molar-refractivity contribution in [1.82, 2.24) is 15.0 Å². The fourth-order valence-corrected chi connectivity index (χ4v) is 2.70. The molecule has 4 nitrogen and oxygen atoms in total. The summed E-state index contributed by atoms with van der Waals surface area (Å²) in [5.74, 6) is 0.355. The molecule has 2 aromatic heterocycles. The Labute approximate surface area is 127 Å². The molecule has 0 unspecified atom stereocenters. The van der Waals surface area contributed by atoms with Crippen LogP contribution in [0.15, 0.2) is 35.3 Å². The molecule has 0 amide bonds. The number of rotatable bonds is 3. The number of halogens is 1. The van der Waals surface area contributed by atoms with Gasteiger partial charge in [0.25, 0.3) is 5.56 Å². The smallest absolute Gasteiger partial charge is 0.270 e. The van der Waals surface area contributed by atoms with E-state index in [-0.39, 0.29) is 5.56 Å². The van der Waals surface area contributed by atoms with E-state index in [0.717, 1.165) is 16.5 Å². The summed E-state index contributed by atoms with van der Waals surface area (Å²) in [6.07, 6.45) is 2.45. The second-order valence-corrected chi connectivity index (χ2v) is 5.88. The number of aromatic nitrogens is 3. The molecule has 0 radical (unpaired) electrons. The summed E-state index contributed by atoms with van der Waals surface area (Å²) in [6.45, 7) is 4.09. The van der Waals surface area contributed by atoms with Gasteiger partial charge in [0.05, 0.1) is 5.69 Å². The first-order valence-electron chi connectivity index (χ1n) is 6.91. The predicted octanol–water partition coefficient (Wildman–Crippen LogP) is 3.77. The molecular formula is C16H16ClN3O. The molecule has 0 bridgehead atoms. The van der Waals surface area contributed by atoms with Gasteiger partial charge in [0.2, 0.25) is 0 Å². The van der Waals surface area contributed by atoms with Crippen molar-refractivity contribution < 1.29 is 0 Å². The molecule has 108 valence electrons. The molecule has 0 aliphatic carbocycles. The first-order valence-corrected chi connectivity index (χ1v) is 7.29. The summed E-state index contributed by atoms with van der Waals surface area (Å²) in [7, 11) is 0. The fourth-order valence-electron chi connectivity index (χ4n) is 2.44. The van der Waals surface area contributed by atoms with Gasteiger partial charge in [-0.1, -0.05) is 43.6 Å². The van der Waals surface area contributed by atoms with Gasteiger partial charge < -0.3 is 9.97 Å². The summed E-state index contributed by atoms with van der Waals surface area (Å²) in [5.41, 5.74) is 2.73. The van der Waals surface area contributed by atoms with Crippen LogP contribution in [0.3, 0.4) is 0 Å². The Kier molecular flexibility index (Phi) is 3.55. The lowest BCUT2D eigenvalue weighted by atomic mass is 10.1. The Hall–Kier alpha value is -2.07. The van der Waals surface area contributed by atoms with Crippen LogP contribution in [0.1, 0.15) is 19.5 Å². The highest BCUT2D eigenvalue weighted by Gasteiger charge is 2.14. The fraction of sp³-hybridized carbons (Fsp3) is 0.250. The maximum atomic E-state index is 12.2. The Morgan fingerprint density at radius 3 is 2.81 bits per heavy atom. The van der Waals surface area contributed by atoms with Crippen LogP contribution in [0.5, 0.6) is 0 Å². The van der Waals surface area contributed by atoms with Gasteiger partial charge in [-0.05, 0) is 18.4 Å². The van der Waals surface area contributed by atoms with Crippen molar-refractivity contribution in [3.8, 4) is 11.3 Å². The minimum absolute atomic E-state index is 0.173. The van der Waals surface area contributed by atoms with Crippen molar-refractivity contribution in [1.29, 1.82) is 0 Å². The van der Waals surface area contributed by atoms with E-state index in [9.17, 15) is 4.79 Å². The minimum atomic E-state index is -0.173. The quantitative estimate of drug-likeness (QED) is 0.773. The van der Waals surface area contributed by atoms with Crippen LogP contribution in [0.2, 0.25) is 5.15 Å². The number of para-hydroxylation sites is 1. The normalized spacial score (nSPS) is 11.4. The summed E-state index contributed by atoms with van der Waals surface area (Å²) in [5, 5.41) is 1.34. The van der Waals surface area contributed by atoms with Crippen LogP contribution in [0.25, 0.3) is 22.2 Å². The molecule has 3 aromatic rings. The maximum Gasteiger partial charge on any atom is 0.270 e. The van der Waals surface area contributed by atoms with E-state index >= 15 is 0 Å². The standard InChI is InChI=1S/C16H16ClN3O/c1-9(2)7-13-16(21)20-14(15(17)19-13)11-8-18-12-6-4-3-5-10(11)12/h3-6,8-9,18H,7H2,1-2H3,(H,20,21). The van der Waals surface area contributed by atoms with E-state index in [2.05, 4.69) is 15.0 Å². The molecule has 2 N–H and O–H groups in total. The first-order chi connectivity index (χ1) is 10.1. The number of aromatic amines is 2. The van der Waals surface area contributed by atoms with Gasteiger partial charge in [0, 0.05) is 22.7 Å². The van der Waals surface area contributed by atoms with Crippen LogP contribution in [0.4, 0.5) is 0 Å². The zero-order chi connectivity index (χ0) is 15.0. The average molecular weight is 302 g/mol. The van der Waals surface area contributed by atoms with Gasteiger partial charge in [-0.2, -0.15) is 0 Å². The van der Waals surface area contributed by atoms with E-state index in [0.29, 0.717) is 28.9 Å². The van der Waals surface area contributed by atoms with Gasteiger partial charge >= 0.3 is 0 Å². The molecule has 1 aromatic carbocycles. The summed E-state index contributed by atoms with van der Waals surface area (Å²) >= 11 is 6.28. The van der Waals surface area contributed by atoms with Crippen molar-refractivity contribution in [2.24, 2.45) is 5.92 Å². The highest BCUT2D eigenvalue weighted by atomic mass is 35.5. The van der Waals surface area contributed by atoms with E-state index in [1.165, 1.54) is 0 Å². The number of fused-ring (bicyclic) bond motifs is 1. The topological polar surface area (TPSA) is 61.5 Å². The minimum Gasteiger partial charge on any atom is -0.360 e. The van der Waals surface area contributed by atoms with Crippen molar-refractivity contribution in [3.05, 3.63) is 51.7 Å². The van der Waals surface area contributed by atoms with E-state index in [4.69, 9.17) is 11.6 Å². The lowest BCUT2D eigenvalue weighted by Gasteiger charge is -2.07. The van der Waals surface area contributed by atoms with E-state index in [1.54, 1.807) is 0 Å². The van der Waals surface area contributed by atoms with E-state index in [1.807, 2.05) is 44.3 Å². The van der Waals surface area contributed by atoms with Gasteiger partial charge in [0.1, 0.15) is 5.69 Å². The molecule has 0 spiro atoms. The lowest BCUT2D eigenvalue weighted by Crippen LogP contribution is -2.18. The van der Waals surface area contributed by atoms with Crippen molar-refractivity contribution in [2.75, 3.05) is 0 Å². The Bertz CT molecular complexity index is 848. The third-order valence-electron chi connectivity index (χ3n) is 3.40. The Morgan fingerprint density at radius 1 is 1.29 bits per heavy atom. The molecule has 0 fully saturated rings. The molecule has 0 saturated heterocycles. The molecule has 21 heavy (non-hydrogen) atoms. The van der Waals surface area contributed by atoms with Crippen molar-refractivity contribution in [3.63, 3.8) is 0 Å². The predicted molar refractivity (Wildman–Crippen MR) is 85.7 cm³/mol. The largest absolute Gasteiger partial charge is 0.360 e. The molecule has 0 saturated carbocycles. The van der Waals surface area contributed by atoms with E-state index < -0.39 is 0 Å². The van der Waals surface area contributed by atoms with Gasteiger partial charge in [0.15, 0.2) is 5.15 Å². The average Bonchev–Trinajstić information content (AvgIpc) is 2.86. The van der Waals surface area contributed by atoms with Crippen molar-refractivity contribution >= 4 is 22.5 Å². The Morgan fingerprint density at radius 2 is 2.05 bits per heavy atom. The number of hydrogen-bond donors (Lipinski definition) is 2. The number of nitrogens with zero attached hydrogens (tertiary/aromatic N) is 1. The maximum absolute atomic E-state index is 12.2. The lowest BCUT2D eigenvalue weighted by molar-refractivity contribution is 0.629. The highest BCUT2D eigenvalue weighted by molar-refractivity contribution is 6.32. The van der Waals surface area contributed by atoms with Crippen LogP contribution >= 0.6 is 11.6 Å². The third-order valence-corrected chi connectivity index (χ3v) is 3.67. The number of H-pyrrole nitrogens is 2. The molecule has 0 atom stereocenters. The third kappa shape index (κ3) is 2.59. The second kappa shape index (κ2) is 5.37. The van der Waals surface area contributed by atoms with Gasteiger partial charge in [-0.15, -0.1) is 0 Å². The molecule has 0 aliphatic rings. The highest BCUT2D eigenvalue weighted by Crippen LogP contribution is 2.30. The SMILES string of the molecule is CC(C)Cc1nc(Cl)c(-c2c[nH]c3ccccc23)[nH]c1=O. The van der Waals surface area contributed by atoms with Crippen LogP contribution in [-0.4, -0.2) is 15.0 Å². The molecule has 0 aliphatic heterocycles. The first kappa shape index (κ1) is 13.9. The summed E-state index contributed by atoms with van der Waals surface area (Å²) < 4.78 is 0. The van der Waals surface area contributed by atoms with Gasteiger partial charge in [-0.25, -0.2) is 4.98 Å².